The van der Waals surface area contributed by atoms with E-state index < -0.39 is 0 Å². The van der Waals surface area contributed by atoms with Crippen molar-refractivity contribution in [2.45, 2.75) is 90.9 Å². The molecule has 114 heavy (non-hydrogen) atoms. The summed E-state index contributed by atoms with van der Waals surface area (Å²) in [5.74, 6) is 6.24. The summed E-state index contributed by atoms with van der Waals surface area (Å²) < 4.78 is 73.8. The summed E-state index contributed by atoms with van der Waals surface area (Å²) >= 11 is 0. The van der Waals surface area contributed by atoms with Crippen molar-refractivity contribution in [2.75, 3.05) is 52.9 Å². The van der Waals surface area contributed by atoms with E-state index in [0.29, 0.717) is 144 Å². The van der Waals surface area contributed by atoms with E-state index in [1.54, 1.807) is 0 Å². The molecular formula is C98H100N8O8+8. The van der Waals surface area contributed by atoms with E-state index in [0.717, 1.165) is 113 Å². The van der Waals surface area contributed by atoms with Gasteiger partial charge in [-0.25, -0.2) is 36.5 Å². The molecule has 0 unspecified atom stereocenters. The number of aromatic nitrogens is 8. The van der Waals surface area contributed by atoms with Crippen LogP contribution in [0.1, 0.15) is 66.8 Å². The summed E-state index contributed by atoms with van der Waals surface area (Å²) in [5.41, 5.74) is 12.4. The Morgan fingerprint density at radius 2 is 0.281 bits per heavy atom. The molecule has 0 fully saturated rings. The van der Waals surface area contributed by atoms with E-state index in [4.69, 9.17) is 37.9 Å². The van der Waals surface area contributed by atoms with Gasteiger partial charge in [0.25, 0.3) is 0 Å². The van der Waals surface area contributed by atoms with Crippen LogP contribution < -0.4 is 74.4 Å². The molecular weight excluding hydrogens is 1420 g/mol. The van der Waals surface area contributed by atoms with Crippen molar-refractivity contribution in [3.05, 3.63) is 409 Å². The van der Waals surface area contributed by atoms with Gasteiger partial charge in [-0.15, -0.1) is 0 Å². The van der Waals surface area contributed by atoms with Crippen LogP contribution in [-0.4, -0.2) is 52.9 Å². The summed E-state index contributed by atoms with van der Waals surface area (Å²) in [4.78, 5) is 0. The minimum Gasteiger partial charge on any atom is -0.487 e. The second-order valence-electron chi connectivity index (χ2n) is 28.7. The van der Waals surface area contributed by atoms with Crippen molar-refractivity contribution in [3.63, 3.8) is 0 Å². The maximum atomic E-state index is 7.09. The smallest absolute Gasteiger partial charge is 0.182 e. The Labute approximate surface area is 669 Å². The maximum Gasteiger partial charge on any atom is 0.182 e. The molecule has 16 aliphatic carbocycles. The van der Waals surface area contributed by atoms with E-state index in [-0.39, 0.29) is 0 Å². The molecule has 572 valence electrons. The van der Waals surface area contributed by atoms with E-state index in [1.807, 2.05) is 48.5 Å². The van der Waals surface area contributed by atoms with Gasteiger partial charge in [0.05, 0.1) is 0 Å². The molecule has 16 heteroatoms. The fourth-order valence-corrected chi connectivity index (χ4v) is 14.4. The molecule has 8 aromatic heterocycles. The molecule has 6 aromatic carbocycles. The van der Waals surface area contributed by atoms with Crippen molar-refractivity contribution >= 4 is 0 Å². The molecule has 0 atom stereocenters. The third-order valence-electron chi connectivity index (χ3n) is 20.4. The highest BCUT2D eigenvalue weighted by Crippen LogP contribution is 2.41. The Balaban J connectivity index is 0.870. The van der Waals surface area contributed by atoms with Crippen LogP contribution >= 0.6 is 0 Å². The lowest BCUT2D eigenvalue weighted by atomic mass is 9.93. The average Bonchev–Trinajstić information content (AvgIpc) is 0.744. The highest BCUT2D eigenvalue weighted by molar-refractivity contribution is 5.57. The first kappa shape index (κ1) is 76.3. The summed E-state index contributed by atoms with van der Waals surface area (Å²) in [6.45, 7) is 8.64. The zero-order valence-electron chi connectivity index (χ0n) is 64.7. The summed E-state index contributed by atoms with van der Waals surface area (Å²) in [7, 11) is 0. The van der Waals surface area contributed by atoms with Crippen LogP contribution in [0.5, 0.6) is 46.0 Å². The fraction of sp³-hybridized carbons (Fsp3) is 0.224. The second kappa shape index (κ2) is 39.7. The predicted octanol–water partition coefficient (Wildman–Crippen LogP) is 12.5. The van der Waals surface area contributed by atoms with Crippen LogP contribution in [0.25, 0.3) is 0 Å². The maximum absolute atomic E-state index is 7.09. The Morgan fingerprint density at radius 3 is 0.412 bits per heavy atom. The predicted molar refractivity (Wildman–Crippen MR) is 433 cm³/mol. The lowest BCUT2D eigenvalue weighted by Crippen LogP contribution is -2.35. The largest absolute Gasteiger partial charge is 0.487 e. The van der Waals surface area contributed by atoms with Gasteiger partial charge in [-0.1, -0.05) is 97.1 Å². The third kappa shape index (κ3) is 22.2. The van der Waals surface area contributed by atoms with Crippen molar-refractivity contribution in [3.8, 4) is 46.0 Å². The first-order chi connectivity index (χ1) is 56.4. The normalized spacial score (nSPS) is 11.9. The number of nitrogens with zero attached hydrogens (tertiary/aromatic N) is 8. The average molecular weight is 1520 g/mol. The number of hydrogen-bond acceptors (Lipinski definition) is 8. The summed E-state index contributed by atoms with van der Waals surface area (Å²) in [6.07, 6.45) is 36.5. The van der Waals surface area contributed by atoms with Gasteiger partial charge < -0.3 is 37.9 Å². The quantitative estimate of drug-likeness (QED) is 0.0384. The molecule has 12 bridgehead atoms. The first-order valence-corrected chi connectivity index (χ1v) is 39.8. The zero-order valence-corrected chi connectivity index (χ0v) is 64.7. The van der Waals surface area contributed by atoms with Gasteiger partial charge in [-0.3, -0.25) is 0 Å². The second-order valence-corrected chi connectivity index (χ2v) is 28.7. The Kier molecular flexibility index (Phi) is 26.6. The van der Waals surface area contributed by atoms with Crippen LogP contribution in [0.2, 0.25) is 0 Å². The van der Waals surface area contributed by atoms with Crippen LogP contribution in [0.3, 0.4) is 0 Å². The van der Waals surface area contributed by atoms with Crippen LogP contribution in [0.15, 0.2) is 342 Å². The molecule has 0 saturated carbocycles. The molecule has 0 radical (unpaired) electrons. The van der Waals surface area contributed by atoms with Crippen molar-refractivity contribution in [1.82, 2.24) is 0 Å². The lowest BCUT2D eigenvalue weighted by Gasteiger charge is -2.21. The van der Waals surface area contributed by atoms with Crippen molar-refractivity contribution in [1.29, 1.82) is 0 Å². The molecule has 0 aliphatic heterocycles. The SMILES string of the molecule is c1cc[n+](CCOc2cc3c(OCC[n+]4ccccc4)cc2Cc2ccc(cc2)Cc2cc(OCC[n+]4ccccc4)c(cc2OCC[n+]2ccccc2)Cc2cc(OCC[n+]4ccccc4)c(cc2OCC[n+]2ccccc2)Cc2ccc(cc2)Cc2cc(OCC[n+]4ccccc4)c(cc2OCC[n+]2ccccc2)C3)cc1. The van der Waals surface area contributed by atoms with Gasteiger partial charge in [0.15, 0.2) is 152 Å². The fourth-order valence-electron chi connectivity index (χ4n) is 14.4. The van der Waals surface area contributed by atoms with Crippen molar-refractivity contribution in [2.24, 2.45) is 0 Å². The molecule has 16 nitrogen and oxygen atoms in total. The third-order valence-corrected chi connectivity index (χ3v) is 20.4. The highest BCUT2D eigenvalue weighted by Gasteiger charge is 2.25. The molecule has 0 N–H and O–H groups in total. The monoisotopic (exact) mass is 1520 g/mol. The van der Waals surface area contributed by atoms with Gasteiger partial charge in [0.2, 0.25) is 0 Å². The molecule has 0 spiro atoms. The summed E-state index contributed by atoms with van der Waals surface area (Å²) in [5, 5.41) is 0. The van der Waals surface area contributed by atoms with Crippen LogP contribution in [0.4, 0.5) is 0 Å². The topological polar surface area (TPSA) is 105 Å². The molecule has 8 heterocycles. The zero-order chi connectivity index (χ0) is 77.0. The van der Waals surface area contributed by atoms with Crippen molar-refractivity contribution < 1.29 is 74.4 Å². The number of benzene rings is 6. The van der Waals surface area contributed by atoms with Gasteiger partial charge in [0, 0.05) is 180 Å². The molecule has 0 amide bonds. The molecule has 30 rings (SSSR count). The summed E-state index contributed by atoms with van der Waals surface area (Å²) in [6, 6.07) is 84.8. The lowest BCUT2D eigenvalue weighted by molar-refractivity contribution is -0.697. The minimum absolute atomic E-state index is 0.428. The minimum atomic E-state index is 0.428. The molecule has 0 saturated heterocycles. The van der Waals surface area contributed by atoms with E-state index >= 15 is 0 Å². The van der Waals surface area contributed by atoms with Gasteiger partial charge in [0.1, 0.15) is 98.9 Å². The van der Waals surface area contributed by atoms with Gasteiger partial charge in [-0.2, -0.15) is 0 Å². The van der Waals surface area contributed by atoms with Gasteiger partial charge >= 0.3 is 0 Å². The number of rotatable bonds is 32. The van der Waals surface area contributed by atoms with Crippen LogP contribution in [-0.2, 0) is 90.9 Å². The van der Waals surface area contributed by atoms with E-state index in [9.17, 15) is 0 Å². The Hall–Kier alpha value is -13.1. The standard InChI is InChI=1S/C98H100N8O8/c1-9-33-99(34-10-1)49-57-107-91-75-87-69-88-76-92(108-58-50-100-35-11-2-12-36-100)84(72-96(88)112-62-54-104-43-19-6-20-44-104)67-81-29-31-82(32-30-81)68-86-74-98(114-64-56-106-47-23-8-24-48-106)90(78-94(86)110-60-52-102-39-15-4-16-40-102)70-89-77-93(109-59-51-101-37-13-3-14-38-101)85(73-97(89)113-63-55-105-45-21-7-22-46-105)66-80-27-25-79(26-28-80)65-83(91)71-95(87)111-61-53-103-41-17-5-18-42-103/h1-48,71-78H,49-70H2/q+8. The van der Waals surface area contributed by atoms with Gasteiger partial charge in [-0.05, 0) is 70.8 Å². The first-order valence-electron chi connectivity index (χ1n) is 39.8. The number of hydrogen-bond donors (Lipinski definition) is 0. The molecule has 14 aromatic rings. The highest BCUT2D eigenvalue weighted by atomic mass is 16.5. The molecule has 16 aliphatic rings. The van der Waals surface area contributed by atoms with Crippen LogP contribution in [0, 0.1) is 0 Å². The number of pyridine rings is 8. The Morgan fingerprint density at radius 1 is 0.158 bits per heavy atom. The number of ether oxygens (including phenoxy) is 8. The van der Waals surface area contributed by atoms with E-state index in [1.165, 1.54) is 0 Å². The van der Waals surface area contributed by atoms with E-state index in [2.05, 4.69) is 330 Å². The Bertz CT molecular complexity index is 4650.